The minimum Gasteiger partial charge on any atom is -0.484 e. The molecule has 10 heteroatoms. The molecular formula is C37H34ClF3O6. The highest BCUT2D eigenvalue weighted by Crippen LogP contribution is 2.53. The number of carbonyl (C=O) groups is 1. The number of carbonyl (C=O) groups excluding carboxylic acids is 1. The molecule has 2 aliphatic rings. The predicted molar refractivity (Wildman–Crippen MR) is 169 cm³/mol. The summed E-state index contributed by atoms with van der Waals surface area (Å²) >= 11 is 6.67. The van der Waals surface area contributed by atoms with Crippen LogP contribution in [0.2, 0.25) is 5.02 Å². The van der Waals surface area contributed by atoms with Crippen LogP contribution in [-0.2, 0) is 49.2 Å². The highest BCUT2D eigenvalue weighted by atomic mass is 35.5. The minimum absolute atomic E-state index is 0.00537. The number of rotatable bonds is 12. The molecule has 0 radical (unpaired) electrons. The average molecular weight is 667 g/mol. The van der Waals surface area contributed by atoms with E-state index in [1.807, 2.05) is 73.7 Å². The molecule has 2 aliphatic heterocycles. The third-order valence-electron chi connectivity index (χ3n) is 8.72. The Bertz CT molecular complexity index is 1650. The fraction of sp³-hybridized carbons (Fsp3) is 0.324. The van der Waals surface area contributed by atoms with Crippen molar-refractivity contribution in [2.45, 2.75) is 56.3 Å². The van der Waals surface area contributed by atoms with Gasteiger partial charge in [0.25, 0.3) is 0 Å². The zero-order chi connectivity index (χ0) is 33.1. The Kier molecular flexibility index (Phi) is 9.73. The first kappa shape index (κ1) is 33.2. The molecule has 2 heterocycles. The van der Waals surface area contributed by atoms with Crippen LogP contribution < -0.4 is 4.74 Å². The van der Waals surface area contributed by atoms with Crippen molar-refractivity contribution in [1.82, 2.24) is 0 Å². The maximum absolute atomic E-state index is 12.7. The zero-order valence-corrected chi connectivity index (χ0v) is 26.4. The molecular weight excluding hydrogens is 633 g/mol. The van der Waals surface area contributed by atoms with Gasteiger partial charge in [0.15, 0.2) is 18.5 Å². The molecule has 0 spiro atoms. The summed E-state index contributed by atoms with van der Waals surface area (Å²) in [6.45, 7) is 1.09. The lowest BCUT2D eigenvalue weighted by atomic mass is 9.78. The van der Waals surface area contributed by atoms with Gasteiger partial charge in [-0.2, -0.15) is 13.2 Å². The first-order chi connectivity index (χ1) is 22.6. The molecule has 4 aromatic rings. The third kappa shape index (κ3) is 7.24. The van der Waals surface area contributed by atoms with Crippen molar-refractivity contribution in [2.24, 2.45) is 5.92 Å². The van der Waals surface area contributed by atoms with Gasteiger partial charge in [-0.25, -0.2) is 0 Å². The molecule has 0 saturated carbocycles. The molecule has 0 aromatic heterocycles. The van der Waals surface area contributed by atoms with Crippen LogP contribution in [0, 0.1) is 5.92 Å². The number of benzene rings is 4. The molecule has 0 N–H and O–H groups in total. The van der Waals surface area contributed by atoms with Gasteiger partial charge in [0.2, 0.25) is 5.79 Å². The van der Waals surface area contributed by atoms with Gasteiger partial charge in [0.1, 0.15) is 11.9 Å². The number of hydrogen-bond donors (Lipinski definition) is 0. The Hall–Kier alpha value is -3.73. The Labute approximate surface area is 276 Å². The summed E-state index contributed by atoms with van der Waals surface area (Å²) in [4.78, 5) is 12.7. The Balaban J connectivity index is 1.33. The molecule has 2 saturated heterocycles. The lowest BCUT2D eigenvalue weighted by molar-refractivity contribution is -0.326. The second-order valence-electron chi connectivity index (χ2n) is 11.9. The van der Waals surface area contributed by atoms with Crippen molar-refractivity contribution >= 4 is 17.9 Å². The molecule has 0 unspecified atom stereocenters. The van der Waals surface area contributed by atoms with Crippen LogP contribution in [0.1, 0.15) is 34.7 Å². The van der Waals surface area contributed by atoms with Crippen molar-refractivity contribution < 1.29 is 41.7 Å². The van der Waals surface area contributed by atoms with E-state index < -0.39 is 42.3 Å². The highest BCUT2D eigenvalue weighted by molar-refractivity contribution is 6.31. The van der Waals surface area contributed by atoms with Crippen LogP contribution >= 0.6 is 11.6 Å². The monoisotopic (exact) mass is 666 g/mol. The van der Waals surface area contributed by atoms with Gasteiger partial charge in [-0.1, -0.05) is 97.4 Å². The molecule has 2 fully saturated rings. The van der Waals surface area contributed by atoms with Crippen LogP contribution in [0.3, 0.4) is 0 Å². The van der Waals surface area contributed by atoms with Gasteiger partial charge in [-0.05, 0) is 52.9 Å². The van der Waals surface area contributed by atoms with Gasteiger partial charge in [-0.15, -0.1) is 0 Å². The first-order valence-electron chi connectivity index (χ1n) is 15.3. The van der Waals surface area contributed by atoms with Crippen LogP contribution in [0.25, 0.3) is 0 Å². The normalized spacial score (nSPS) is 25.4. The zero-order valence-electron chi connectivity index (χ0n) is 25.6. The van der Waals surface area contributed by atoms with Crippen molar-refractivity contribution in [3.05, 3.63) is 136 Å². The first-order valence-corrected chi connectivity index (χ1v) is 15.7. The Morgan fingerprint density at radius 2 is 1.51 bits per heavy atom. The van der Waals surface area contributed by atoms with Gasteiger partial charge in [-0.3, -0.25) is 0 Å². The number of aldehydes is 1. The van der Waals surface area contributed by atoms with E-state index in [0.29, 0.717) is 23.6 Å². The molecule has 2 bridgehead atoms. The van der Waals surface area contributed by atoms with Gasteiger partial charge < -0.3 is 28.5 Å². The Morgan fingerprint density at radius 3 is 2.13 bits per heavy atom. The number of alkyl halides is 3. The summed E-state index contributed by atoms with van der Waals surface area (Å²) in [5.74, 6) is -1.80. The van der Waals surface area contributed by atoms with Crippen LogP contribution in [0.15, 0.2) is 103 Å². The number of ether oxygens (including phenoxy) is 5. The summed E-state index contributed by atoms with van der Waals surface area (Å²) in [6, 6.07) is 31.2. The van der Waals surface area contributed by atoms with E-state index in [9.17, 15) is 18.0 Å². The van der Waals surface area contributed by atoms with Gasteiger partial charge in [0.05, 0.1) is 25.9 Å². The van der Waals surface area contributed by atoms with Gasteiger partial charge >= 0.3 is 6.18 Å². The fourth-order valence-corrected chi connectivity index (χ4v) is 6.32. The van der Waals surface area contributed by atoms with E-state index in [1.165, 1.54) is 12.1 Å². The van der Waals surface area contributed by atoms with Crippen molar-refractivity contribution in [2.75, 3.05) is 13.2 Å². The maximum atomic E-state index is 12.7. The van der Waals surface area contributed by atoms with E-state index in [4.69, 9.17) is 35.3 Å². The second kappa shape index (κ2) is 13.8. The van der Waals surface area contributed by atoms with Crippen molar-refractivity contribution in [1.29, 1.82) is 0 Å². The van der Waals surface area contributed by atoms with E-state index in [0.717, 1.165) is 28.5 Å². The predicted octanol–water partition coefficient (Wildman–Crippen LogP) is 7.83. The number of fused-ring (bicyclic) bond motifs is 2. The SMILES string of the molecule is C[C@H]1[C@H](OCc2ccccc2)[C@@H](OCc2ccccc2)[C@@]2(c3ccc(Cl)c(Cc4ccc(OCC(F)(F)F)cc4)c3)OC[C@]1(C=O)O2. The molecule has 6 nitrogen and oxygen atoms in total. The lowest BCUT2D eigenvalue weighted by Gasteiger charge is -2.49. The maximum Gasteiger partial charge on any atom is 0.422 e. The molecule has 5 atom stereocenters. The topological polar surface area (TPSA) is 63.2 Å². The number of halogens is 4. The van der Waals surface area contributed by atoms with E-state index >= 15 is 0 Å². The minimum atomic E-state index is -4.43. The number of hydrogen-bond acceptors (Lipinski definition) is 6. The highest BCUT2D eigenvalue weighted by Gasteiger charge is 2.67. The Morgan fingerprint density at radius 1 is 0.872 bits per heavy atom. The van der Waals surface area contributed by atoms with Crippen molar-refractivity contribution in [3.8, 4) is 5.75 Å². The standard InChI is InChI=1S/C37H34ClF3O6/c1-25-33(43-20-27-8-4-2-5-9-27)34(44-21-28-10-6-3-7-11-28)37(46-23-35(25,22-42)47-37)30-14-17-32(38)29(19-30)18-26-12-15-31(16-13-26)45-24-36(39,40)41/h2-17,19,22,25,33-34H,18,20-21,23-24H2,1H3/t25-,33-,34+,35-,37-/m0/s1. The lowest BCUT2D eigenvalue weighted by Crippen LogP contribution is -2.62. The van der Waals surface area contributed by atoms with Crippen molar-refractivity contribution in [3.63, 3.8) is 0 Å². The molecule has 4 aromatic carbocycles. The van der Waals surface area contributed by atoms with Crippen LogP contribution in [0.4, 0.5) is 13.2 Å². The smallest absolute Gasteiger partial charge is 0.422 e. The second-order valence-corrected chi connectivity index (χ2v) is 12.3. The van der Waals surface area contributed by atoms with Crippen LogP contribution in [-0.4, -0.2) is 43.5 Å². The summed E-state index contributed by atoms with van der Waals surface area (Å²) in [6.07, 6.45) is -4.64. The van der Waals surface area contributed by atoms with E-state index in [2.05, 4.69) is 0 Å². The molecule has 47 heavy (non-hydrogen) atoms. The van der Waals surface area contributed by atoms with E-state index in [-0.39, 0.29) is 19.0 Å². The molecule has 246 valence electrons. The summed E-state index contributed by atoms with van der Waals surface area (Å²) in [5, 5.41) is 0.477. The summed E-state index contributed by atoms with van der Waals surface area (Å²) in [5.41, 5.74) is 2.76. The molecule has 6 rings (SSSR count). The van der Waals surface area contributed by atoms with Gasteiger partial charge in [0, 0.05) is 16.5 Å². The fourth-order valence-electron chi connectivity index (χ4n) is 6.13. The quantitative estimate of drug-likeness (QED) is 0.144. The third-order valence-corrected chi connectivity index (χ3v) is 9.08. The average Bonchev–Trinajstić information content (AvgIpc) is 3.45. The largest absolute Gasteiger partial charge is 0.484 e. The van der Waals surface area contributed by atoms with E-state index in [1.54, 1.807) is 24.3 Å². The summed E-state index contributed by atoms with van der Waals surface area (Å²) < 4.78 is 69.0. The molecule has 0 aliphatic carbocycles. The summed E-state index contributed by atoms with van der Waals surface area (Å²) in [7, 11) is 0. The molecule has 0 amide bonds. The van der Waals surface area contributed by atoms with Crippen LogP contribution in [0.5, 0.6) is 5.75 Å².